The third kappa shape index (κ3) is 1.79. The molecule has 2 rings (SSSR count). The first-order chi connectivity index (χ1) is 7.54. The summed E-state index contributed by atoms with van der Waals surface area (Å²) in [5, 5.41) is 9.49. The van der Waals surface area contributed by atoms with Gasteiger partial charge in [0.2, 0.25) is 0 Å². The summed E-state index contributed by atoms with van der Waals surface area (Å²) in [5.41, 5.74) is 6.47. The number of H-pyrrole nitrogens is 1. The third-order valence-electron chi connectivity index (χ3n) is 2.60. The van der Waals surface area contributed by atoms with Gasteiger partial charge in [-0.05, 0) is 23.1 Å². The molecule has 1 heterocycles. The van der Waals surface area contributed by atoms with Crippen LogP contribution in [0.15, 0.2) is 30.5 Å². The highest BCUT2D eigenvalue weighted by molar-refractivity contribution is 5.80. The van der Waals surface area contributed by atoms with Crippen LogP contribution in [0.5, 0.6) is 0 Å². The van der Waals surface area contributed by atoms with E-state index in [0.717, 1.165) is 10.9 Å². The van der Waals surface area contributed by atoms with E-state index in [1.807, 2.05) is 6.07 Å². The van der Waals surface area contributed by atoms with Crippen LogP contribution in [0, 0.1) is 0 Å². The van der Waals surface area contributed by atoms with Gasteiger partial charge in [0.1, 0.15) is 6.61 Å². The van der Waals surface area contributed by atoms with E-state index >= 15 is 0 Å². The topological polar surface area (TPSA) is 62.0 Å². The van der Waals surface area contributed by atoms with E-state index in [4.69, 9.17) is 10.8 Å². The fourth-order valence-electron chi connectivity index (χ4n) is 1.60. The summed E-state index contributed by atoms with van der Waals surface area (Å²) in [4.78, 5) is 2.92. The minimum atomic E-state index is -3.31. The number of hydrogen-bond donors (Lipinski definition) is 3. The first-order valence-electron chi connectivity index (χ1n) is 4.86. The Morgan fingerprint density at radius 2 is 2.12 bits per heavy atom. The van der Waals surface area contributed by atoms with Crippen molar-refractivity contribution in [2.75, 3.05) is 6.61 Å². The summed E-state index contributed by atoms with van der Waals surface area (Å²) < 4.78 is 26.3. The molecule has 2 aromatic rings. The van der Waals surface area contributed by atoms with Crippen LogP contribution >= 0.6 is 0 Å². The van der Waals surface area contributed by atoms with Crippen molar-refractivity contribution in [3.05, 3.63) is 36.0 Å². The van der Waals surface area contributed by atoms with E-state index in [1.54, 1.807) is 24.4 Å². The average Bonchev–Trinajstić information content (AvgIpc) is 2.74. The number of fused-ring (bicyclic) bond motifs is 1. The zero-order valence-electron chi connectivity index (χ0n) is 8.45. The van der Waals surface area contributed by atoms with E-state index in [-0.39, 0.29) is 0 Å². The number of aromatic amines is 1. The van der Waals surface area contributed by atoms with Gasteiger partial charge < -0.3 is 15.8 Å². The van der Waals surface area contributed by atoms with Crippen molar-refractivity contribution in [1.29, 1.82) is 0 Å². The maximum atomic E-state index is 13.2. The van der Waals surface area contributed by atoms with Crippen LogP contribution in [0.4, 0.5) is 8.78 Å². The molecule has 0 spiro atoms. The molecule has 0 saturated heterocycles. The van der Waals surface area contributed by atoms with Crippen molar-refractivity contribution in [2.45, 2.75) is 12.0 Å². The SMILES string of the molecule is N[C@@H](c1ccc2cc[nH]c2c1)C(F)(F)CO. The highest BCUT2D eigenvalue weighted by atomic mass is 19.3. The predicted octanol–water partition coefficient (Wildman–Crippen LogP) is 1.80. The molecule has 1 atom stereocenters. The largest absolute Gasteiger partial charge is 0.390 e. The zero-order valence-corrected chi connectivity index (χ0v) is 8.45. The van der Waals surface area contributed by atoms with Crippen molar-refractivity contribution < 1.29 is 13.9 Å². The van der Waals surface area contributed by atoms with Gasteiger partial charge in [0.15, 0.2) is 0 Å². The Bertz CT molecular complexity index is 495. The molecule has 0 saturated carbocycles. The number of aliphatic hydroxyl groups excluding tert-OH is 1. The number of alkyl halides is 2. The lowest BCUT2D eigenvalue weighted by molar-refractivity contribution is -0.0711. The zero-order chi connectivity index (χ0) is 11.8. The minimum Gasteiger partial charge on any atom is -0.390 e. The summed E-state index contributed by atoms with van der Waals surface area (Å²) in [7, 11) is 0. The number of halogens is 2. The predicted molar refractivity (Wildman–Crippen MR) is 57.3 cm³/mol. The van der Waals surface area contributed by atoms with Gasteiger partial charge in [-0.25, -0.2) is 8.78 Å². The molecule has 4 N–H and O–H groups in total. The maximum absolute atomic E-state index is 13.2. The van der Waals surface area contributed by atoms with Gasteiger partial charge in [-0.2, -0.15) is 0 Å². The van der Waals surface area contributed by atoms with Crippen LogP contribution < -0.4 is 5.73 Å². The van der Waals surface area contributed by atoms with Crippen LogP contribution in [-0.4, -0.2) is 22.6 Å². The summed E-state index contributed by atoms with van der Waals surface area (Å²) in [5.74, 6) is -3.31. The first-order valence-corrected chi connectivity index (χ1v) is 4.86. The van der Waals surface area contributed by atoms with Gasteiger partial charge in [0.05, 0.1) is 6.04 Å². The molecule has 0 bridgehead atoms. The number of aromatic nitrogens is 1. The Labute approximate surface area is 90.9 Å². The van der Waals surface area contributed by atoms with Gasteiger partial charge in [-0.3, -0.25) is 0 Å². The van der Waals surface area contributed by atoms with E-state index in [2.05, 4.69) is 4.98 Å². The molecule has 1 aromatic heterocycles. The fourth-order valence-corrected chi connectivity index (χ4v) is 1.60. The standard InChI is InChI=1S/C11H12F2N2O/c12-11(13,6-16)10(14)8-2-1-7-3-4-15-9(7)5-8/h1-5,10,15-16H,6,14H2/t10-/m0/s1. The van der Waals surface area contributed by atoms with Gasteiger partial charge in [-0.1, -0.05) is 12.1 Å². The van der Waals surface area contributed by atoms with Crippen molar-refractivity contribution in [3.8, 4) is 0 Å². The lowest BCUT2D eigenvalue weighted by atomic mass is 10.0. The minimum absolute atomic E-state index is 0.300. The summed E-state index contributed by atoms with van der Waals surface area (Å²) >= 11 is 0. The van der Waals surface area contributed by atoms with E-state index in [9.17, 15) is 8.78 Å². The molecule has 3 nitrogen and oxygen atoms in total. The highest BCUT2D eigenvalue weighted by Crippen LogP contribution is 2.30. The number of nitrogens with two attached hydrogens (primary N) is 1. The molecule has 16 heavy (non-hydrogen) atoms. The summed E-state index contributed by atoms with van der Waals surface area (Å²) in [6.45, 7) is -1.25. The average molecular weight is 226 g/mol. The number of benzene rings is 1. The quantitative estimate of drug-likeness (QED) is 0.747. The van der Waals surface area contributed by atoms with Crippen molar-refractivity contribution in [3.63, 3.8) is 0 Å². The van der Waals surface area contributed by atoms with Crippen LogP contribution in [0.1, 0.15) is 11.6 Å². The molecule has 0 amide bonds. The summed E-state index contributed by atoms with van der Waals surface area (Å²) in [6.07, 6.45) is 1.73. The van der Waals surface area contributed by atoms with Crippen LogP contribution in [0.2, 0.25) is 0 Å². The molecule has 0 aliphatic heterocycles. The first kappa shape index (κ1) is 11.0. The molecule has 0 unspecified atom stereocenters. The molecule has 0 fully saturated rings. The lowest BCUT2D eigenvalue weighted by Gasteiger charge is -2.21. The number of hydrogen-bond acceptors (Lipinski definition) is 2. The Hall–Kier alpha value is -1.46. The van der Waals surface area contributed by atoms with Gasteiger partial charge in [0, 0.05) is 11.7 Å². The number of rotatable bonds is 3. The third-order valence-corrected chi connectivity index (χ3v) is 2.60. The molecule has 86 valence electrons. The number of aliphatic hydroxyl groups is 1. The van der Waals surface area contributed by atoms with E-state index in [1.165, 1.54) is 0 Å². The monoisotopic (exact) mass is 226 g/mol. The lowest BCUT2D eigenvalue weighted by Crippen LogP contribution is -2.36. The second-order valence-corrected chi connectivity index (χ2v) is 3.72. The Morgan fingerprint density at radius 3 is 2.81 bits per heavy atom. The van der Waals surface area contributed by atoms with Gasteiger partial charge in [0.25, 0.3) is 5.92 Å². The maximum Gasteiger partial charge on any atom is 0.289 e. The van der Waals surface area contributed by atoms with Crippen molar-refractivity contribution in [1.82, 2.24) is 4.98 Å². The molecular weight excluding hydrogens is 214 g/mol. The molecule has 1 aromatic carbocycles. The Kier molecular flexibility index (Phi) is 2.65. The van der Waals surface area contributed by atoms with Crippen LogP contribution in [-0.2, 0) is 0 Å². The normalized spacial score (nSPS) is 14.2. The van der Waals surface area contributed by atoms with Gasteiger partial charge >= 0.3 is 0 Å². The number of nitrogens with one attached hydrogen (secondary N) is 1. The highest BCUT2D eigenvalue weighted by Gasteiger charge is 2.37. The second-order valence-electron chi connectivity index (χ2n) is 3.72. The van der Waals surface area contributed by atoms with Crippen molar-refractivity contribution in [2.24, 2.45) is 5.73 Å². The molecular formula is C11H12F2N2O. The van der Waals surface area contributed by atoms with Crippen molar-refractivity contribution >= 4 is 10.9 Å². The molecule has 5 heteroatoms. The van der Waals surface area contributed by atoms with Crippen LogP contribution in [0.25, 0.3) is 10.9 Å². The van der Waals surface area contributed by atoms with E-state index in [0.29, 0.717) is 5.56 Å². The smallest absolute Gasteiger partial charge is 0.289 e. The van der Waals surface area contributed by atoms with Gasteiger partial charge in [-0.15, -0.1) is 0 Å². The second kappa shape index (κ2) is 3.84. The molecule has 0 aliphatic carbocycles. The summed E-state index contributed by atoms with van der Waals surface area (Å²) in [6, 6.07) is 5.18. The van der Waals surface area contributed by atoms with Crippen LogP contribution in [0.3, 0.4) is 0 Å². The Balaban J connectivity index is 2.39. The van der Waals surface area contributed by atoms with E-state index < -0.39 is 18.6 Å². The molecule has 0 aliphatic rings. The Morgan fingerprint density at radius 1 is 1.38 bits per heavy atom. The molecule has 0 radical (unpaired) electrons. The fraction of sp³-hybridized carbons (Fsp3) is 0.273.